The Bertz CT molecular complexity index is 2190. The number of amides is 1. The van der Waals surface area contributed by atoms with Crippen molar-refractivity contribution < 1.29 is 58.5 Å². The number of allylic oxidation sites excluding steroid dienone is 2. The van der Waals surface area contributed by atoms with Crippen molar-refractivity contribution in [2.45, 2.75) is 85.6 Å². The lowest BCUT2D eigenvalue weighted by molar-refractivity contribution is -0.160. The van der Waals surface area contributed by atoms with Gasteiger partial charge in [0.1, 0.15) is 23.3 Å². The van der Waals surface area contributed by atoms with E-state index in [1.807, 2.05) is 4.90 Å². The molecule has 2 aromatic carbocycles. The number of morpholine rings is 1. The standard InChI is InChI=1S/C42H53N3O12S/c1-19-11-10-12-20(2)40(52)43-31-35(50)28-27(30-38(31)58-41(44-30)45-14-17-54-18-15-45)29-37(24(6)34(28)49)57-42(8,39(29)51)55-16-13-26(53-9)21(3)36(56-25(7)46)23(5)33(48)22(4)32(19)47/h10-13,16,19,21-23,26,32-33,36,47-50H,14-15,17-18H2,1-9H3,(H,43,52)/b11-10+,16-13+,20-12-/t19-,21+,22+,23+,26-,32-,33+,36+,42-/m0/s1. The summed E-state index contributed by atoms with van der Waals surface area (Å²) in [5.41, 5.74) is 0.705. The molecule has 3 aliphatic rings. The van der Waals surface area contributed by atoms with Crippen molar-refractivity contribution in [2.24, 2.45) is 23.7 Å². The molecule has 1 aromatic heterocycles. The second-order valence-electron chi connectivity index (χ2n) is 15.6. The van der Waals surface area contributed by atoms with Gasteiger partial charge in [-0.3, -0.25) is 14.4 Å². The number of rotatable bonds is 3. The molecule has 58 heavy (non-hydrogen) atoms. The van der Waals surface area contributed by atoms with Crippen molar-refractivity contribution >= 4 is 60.8 Å². The molecule has 0 radical (unpaired) electrons. The zero-order valence-corrected chi connectivity index (χ0v) is 35.0. The number of hydrogen-bond donors (Lipinski definition) is 5. The van der Waals surface area contributed by atoms with E-state index >= 15 is 0 Å². The lowest BCUT2D eigenvalue weighted by Crippen LogP contribution is -2.46. The fourth-order valence-corrected chi connectivity index (χ4v) is 9.13. The molecule has 0 aliphatic carbocycles. The van der Waals surface area contributed by atoms with Gasteiger partial charge in [0.25, 0.3) is 11.7 Å². The third-order valence-corrected chi connectivity index (χ3v) is 12.8. The van der Waals surface area contributed by atoms with E-state index in [-0.39, 0.29) is 50.2 Å². The Morgan fingerprint density at radius 2 is 1.69 bits per heavy atom. The van der Waals surface area contributed by atoms with E-state index in [1.54, 1.807) is 65.8 Å². The van der Waals surface area contributed by atoms with E-state index in [4.69, 9.17) is 28.7 Å². The number of aliphatic hydroxyl groups is 2. The number of nitrogens with zero attached hydrogens (tertiary/aromatic N) is 2. The summed E-state index contributed by atoms with van der Waals surface area (Å²) < 4.78 is 29.8. The highest BCUT2D eigenvalue weighted by Crippen LogP contribution is 2.55. The number of nitrogens with one attached hydrogen (secondary N) is 1. The number of aliphatic hydroxyl groups excluding tert-OH is 2. The molecule has 0 spiro atoms. The lowest BCUT2D eigenvalue weighted by Gasteiger charge is -2.38. The van der Waals surface area contributed by atoms with Crippen LogP contribution in [0.5, 0.6) is 17.2 Å². The van der Waals surface area contributed by atoms with Gasteiger partial charge < -0.3 is 54.3 Å². The first kappa shape index (κ1) is 42.9. The minimum atomic E-state index is -1.95. The van der Waals surface area contributed by atoms with Gasteiger partial charge in [-0.25, -0.2) is 4.98 Å². The fraction of sp³-hybridized carbons (Fsp3) is 0.524. The van der Waals surface area contributed by atoms with E-state index in [1.165, 1.54) is 38.6 Å². The number of aromatic hydroxyl groups is 2. The second kappa shape index (κ2) is 16.9. The van der Waals surface area contributed by atoms with Crippen LogP contribution in [0.2, 0.25) is 0 Å². The van der Waals surface area contributed by atoms with Crippen molar-refractivity contribution in [1.29, 1.82) is 0 Å². The maximum Gasteiger partial charge on any atom is 0.312 e. The van der Waals surface area contributed by atoms with Gasteiger partial charge in [-0.2, -0.15) is 0 Å². The summed E-state index contributed by atoms with van der Waals surface area (Å²) in [6.07, 6.45) is 3.93. The molecular weight excluding hydrogens is 771 g/mol. The molecule has 1 saturated heterocycles. The highest BCUT2D eigenvalue weighted by atomic mass is 32.1. The molecule has 6 rings (SSSR count). The number of esters is 1. The molecule has 0 unspecified atom stereocenters. The molecule has 0 saturated carbocycles. The molecule has 3 aromatic rings. The highest BCUT2D eigenvalue weighted by Gasteiger charge is 2.50. The van der Waals surface area contributed by atoms with Crippen LogP contribution in [-0.4, -0.2) is 107 Å². The fourth-order valence-electron chi connectivity index (χ4n) is 8.00. The minimum Gasteiger partial charge on any atom is -0.507 e. The molecule has 15 nitrogen and oxygen atoms in total. The number of Topliss-reactive ketones (excluding diaryl/α,β-unsaturated/α-hetero) is 1. The van der Waals surface area contributed by atoms with Crippen molar-refractivity contribution in [3.05, 3.63) is 47.3 Å². The third kappa shape index (κ3) is 7.75. The van der Waals surface area contributed by atoms with Gasteiger partial charge >= 0.3 is 11.8 Å². The van der Waals surface area contributed by atoms with Gasteiger partial charge in [0.05, 0.1) is 59.0 Å². The van der Waals surface area contributed by atoms with Gasteiger partial charge in [-0.1, -0.05) is 57.3 Å². The maximum absolute atomic E-state index is 14.6. The SMILES string of the molecule is CO[C@H]1/C=C/O[C@@]2(C)Oc3c(C)c(O)c4c(O)c(c5sc(N6CCOCC6)nc5c4c3C2=O)NC(=O)/C(C)=C\C=C\[C@H](C)[C@H](O)[C@@H](C)[C@@H](O)[C@@H](C)[C@H](OC(C)=O)[C@@H]1C. The highest BCUT2D eigenvalue weighted by molar-refractivity contribution is 7.23. The summed E-state index contributed by atoms with van der Waals surface area (Å²) in [5, 5.41) is 50.0. The second-order valence-corrected chi connectivity index (χ2v) is 16.6. The summed E-state index contributed by atoms with van der Waals surface area (Å²) in [6, 6.07) is 0. The molecule has 5 N–H and O–H groups in total. The molecule has 3 aliphatic heterocycles. The maximum atomic E-state index is 14.6. The van der Waals surface area contributed by atoms with Gasteiger partial charge in [-0.15, -0.1) is 0 Å². The predicted molar refractivity (Wildman–Crippen MR) is 218 cm³/mol. The summed E-state index contributed by atoms with van der Waals surface area (Å²) >= 11 is 1.21. The zero-order valence-electron chi connectivity index (χ0n) is 34.2. The van der Waals surface area contributed by atoms with Gasteiger partial charge in [0.15, 0.2) is 10.9 Å². The number of aromatic nitrogens is 1. The van der Waals surface area contributed by atoms with Crippen molar-refractivity contribution in [3.8, 4) is 17.2 Å². The Kier molecular flexibility index (Phi) is 12.5. The molecule has 314 valence electrons. The number of anilines is 2. The van der Waals surface area contributed by atoms with Crippen LogP contribution in [-0.2, 0) is 28.5 Å². The van der Waals surface area contributed by atoms with Crippen LogP contribution < -0.4 is 15.0 Å². The number of hydrogen-bond acceptors (Lipinski definition) is 15. The smallest absolute Gasteiger partial charge is 0.312 e. The number of benzene rings is 2. The average Bonchev–Trinajstić information content (AvgIpc) is 3.76. The Hall–Kier alpha value is -4.74. The Balaban J connectivity index is 1.54. The van der Waals surface area contributed by atoms with E-state index in [0.29, 0.717) is 36.1 Å². The Morgan fingerprint density at radius 1 is 1.00 bits per heavy atom. The third-order valence-electron chi connectivity index (χ3n) is 11.6. The topological polar surface area (TPSA) is 206 Å². The van der Waals surface area contributed by atoms with Crippen LogP contribution in [0.15, 0.2) is 36.1 Å². The van der Waals surface area contributed by atoms with Crippen LogP contribution in [0.4, 0.5) is 10.8 Å². The molecule has 4 heterocycles. The van der Waals surface area contributed by atoms with Gasteiger partial charge in [0, 0.05) is 74.2 Å². The van der Waals surface area contributed by atoms with E-state index in [0.717, 1.165) is 0 Å². The van der Waals surface area contributed by atoms with Crippen molar-refractivity contribution in [2.75, 3.05) is 43.6 Å². The average molecular weight is 824 g/mol. The Labute approximate surface area is 340 Å². The summed E-state index contributed by atoms with van der Waals surface area (Å²) in [7, 11) is 1.46. The first-order valence-electron chi connectivity index (χ1n) is 19.4. The molecule has 16 heteroatoms. The van der Waals surface area contributed by atoms with Crippen LogP contribution in [0.3, 0.4) is 0 Å². The molecule has 1 fully saturated rings. The summed E-state index contributed by atoms with van der Waals surface area (Å²) in [4.78, 5) is 47.7. The van der Waals surface area contributed by atoms with Gasteiger partial charge in [-0.05, 0) is 19.9 Å². The van der Waals surface area contributed by atoms with Crippen LogP contribution in [0.1, 0.15) is 64.4 Å². The summed E-state index contributed by atoms with van der Waals surface area (Å²) in [5.74, 6) is -6.86. The number of carbonyl (C=O) groups excluding carboxylic acids is 3. The number of fused-ring (bicyclic) bond motifs is 1. The van der Waals surface area contributed by atoms with Crippen molar-refractivity contribution in [3.63, 3.8) is 0 Å². The largest absolute Gasteiger partial charge is 0.507 e. The normalized spacial score (nSPS) is 32.1. The predicted octanol–water partition coefficient (Wildman–Crippen LogP) is 5.49. The quantitative estimate of drug-likeness (QED) is 0.164. The number of phenolic OH excluding ortho intramolecular Hbond substituents is 2. The Morgan fingerprint density at radius 3 is 2.34 bits per heavy atom. The minimum absolute atomic E-state index is 0.00571. The number of ketones is 1. The van der Waals surface area contributed by atoms with Gasteiger partial charge in [0.2, 0.25) is 0 Å². The molecule has 1 amide bonds. The number of thiazole rings is 1. The van der Waals surface area contributed by atoms with Crippen LogP contribution in [0.25, 0.3) is 21.0 Å². The first-order chi connectivity index (χ1) is 27.4. The molecule has 9 atom stereocenters. The lowest BCUT2D eigenvalue weighted by atomic mass is 9.78. The first-order valence-corrected chi connectivity index (χ1v) is 20.2. The van der Waals surface area contributed by atoms with E-state index < -0.39 is 77.3 Å². The molecular formula is C42H53N3O12S. The van der Waals surface area contributed by atoms with E-state index in [9.17, 15) is 34.8 Å². The molecule has 4 bridgehead atoms. The van der Waals surface area contributed by atoms with E-state index in [2.05, 4.69) is 5.32 Å². The van der Waals surface area contributed by atoms with Crippen molar-refractivity contribution in [1.82, 2.24) is 4.98 Å². The monoisotopic (exact) mass is 823 g/mol. The number of phenols is 2. The number of carbonyl (C=O) groups is 3. The zero-order chi connectivity index (χ0) is 42.4. The summed E-state index contributed by atoms with van der Waals surface area (Å²) in [6.45, 7) is 14.8. The number of methoxy groups -OCH3 is 1. The van der Waals surface area contributed by atoms with Crippen LogP contribution in [0, 0.1) is 30.6 Å². The number of ether oxygens (including phenoxy) is 5. The van der Waals surface area contributed by atoms with Crippen LogP contribution >= 0.6 is 11.3 Å².